The fourth-order valence-electron chi connectivity index (χ4n) is 1.51. The number of ketones is 1. The molecule has 0 aliphatic heterocycles. The number of hydrogen-bond donors (Lipinski definition) is 0. The molecule has 1 aliphatic carbocycles. The van der Waals surface area contributed by atoms with Crippen LogP contribution in [0.15, 0.2) is 12.2 Å². The van der Waals surface area contributed by atoms with Gasteiger partial charge < -0.3 is 9.47 Å². The lowest BCUT2D eigenvalue weighted by Crippen LogP contribution is -2.41. The summed E-state index contributed by atoms with van der Waals surface area (Å²) in [6.45, 7) is 1.94. The third-order valence-corrected chi connectivity index (χ3v) is 2.33. The third kappa shape index (κ3) is 1.42. The van der Waals surface area contributed by atoms with Crippen LogP contribution in [0.4, 0.5) is 0 Å². The average Bonchev–Trinajstić information content (AvgIpc) is 2.06. The van der Waals surface area contributed by atoms with Crippen molar-refractivity contribution in [1.29, 1.82) is 0 Å². The van der Waals surface area contributed by atoms with Crippen molar-refractivity contribution in [1.82, 2.24) is 0 Å². The summed E-state index contributed by atoms with van der Waals surface area (Å²) in [5.74, 6) is -0.495. The molecular formula is C9H14O3. The molecule has 0 amide bonds. The van der Waals surface area contributed by atoms with Crippen LogP contribution >= 0.6 is 0 Å². The highest BCUT2D eigenvalue weighted by Crippen LogP contribution is 2.30. The van der Waals surface area contributed by atoms with Crippen LogP contribution in [-0.2, 0) is 14.3 Å². The minimum absolute atomic E-state index is 0.0741. The van der Waals surface area contributed by atoms with E-state index in [1.54, 1.807) is 20.3 Å². The van der Waals surface area contributed by atoms with E-state index in [2.05, 4.69) is 0 Å². The number of allylic oxidation sites excluding steroid dienone is 1. The molecule has 0 aromatic heterocycles. The molecular weight excluding hydrogens is 156 g/mol. The van der Waals surface area contributed by atoms with E-state index in [4.69, 9.17) is 9.47 Å². The Kier molecular flexibility index (Phi) is 2.65. The molecule has 12 heavy (non-hydrogen) atoms. The first kappa shape index (κ1) is 9.42. The van der Waals surface area contributed by atoms with Gasteiger partial charge >= 0.3 is 0 Å². The summed E-state index contributed by atoms with van der Waals surface area (Å²) in [4.78, 5) is 11.0. The second-order valence-electron chi connectivity index (χ2n) is 3.03. The number of carbonyl (C=O) groups is 1. The molecule has 1 atom stereocenters. The molecule has 0 unspecified atom stereocenters. The lowest BCUT2D eigenvalue weighted by atomic mass is 9.89. The molecule has 0 aromatic rings. The van der Waals surface area contributed by atoms with Gasteiger partial charge in [-0.2, -0.15) is 0 Å². The average molecular weight is 170 g/mol. The molecule has 3 nitrogen and oxygen atoms in total. The van der Waals surface area contributed by atoms with Gasteiger partial charge in [-0.3, -0.25) is 4.79 Å². The van der Waals surface area contributed by atoms with E-state index >= 15 is 0 Å². The zero-order chi connectivity index (χ0) is 9.19. The first-order valence-corrected chi connectivity index (χ1v) is 3.97. The van der Waals surface area contributed by atoms with Gasteiger partial charge in [0.25, 0.3) is 0 Å². The third-order valence-electron chi connectivity index (χ3n) is 2.33. The second-order valence-corrected chi connectivity index (χ2v) is 3.03. The van der Waals surface area contributed by atoms with E-state index in [0.717, 1.165) is 0 Å². The maximum Gasteiger partial charge on any atom is 0.190 e. The van der Waals surface area contributed by atoms with Gasteiger partial charge in [-0.1, -0.05) is 6.92 Å². The maximum atomic E-state index is 11.0. The molecule has 0 bridgehead atoms. The van der Waals surface area contributed by atoms with Crippen molar-refractivity contribution in [2.75, 3.05) is 14.2 Å². The van der Waals surface area contributed by atoms with Crippen LogP contribution in [0.25, 0.3) is 0 Å². The van der Waals surface area contributed by atoms with Crippen molar-refractivity contribution in [2.45, 2.75) is 19.1 Å². The standard InChI is InChI=1S/C9H14O3/c1-7-6-8(10)4-5-9(7,11-2)12-3/h4-5,7H,6H2,1-3H3/t7-/m0/s1. The van der Waals surface area contributed by atoms with Crippen LogP contribution in [0.2, 0.25) is 0 Å². The topological polar surface area (TPSA) is 35.5 Å². The first-order valence-electron chi connectivity index (χ1n) is 3.97. The van der Waals surface area contributed by atoms with Crippen molar-refractivity contribution < 1.29 is 14.3 Å². The summed E-state index contributed by atoms with van der Waals surface area (Å²) in [6.07, 6.45) is 3.69. The van der Waals surface area contributed by atoms with E-state index < -0.39 is 5.79 Å². The fraction of sp³-hybridized carbons (Fsp3) is 0.667. The number of ether oxygens (including phenoxy) is 2. The van der Waals surface area contributed by atoms with Crippen LogP contribution in [0.3, 0.4) is 0 Å². The van der Waals surface area contributed by atoms with Gasteiger partial charge in [-0.15, -0.1) is 0 Å². The molecule has 0 radical (unpaired) electrons. The first-order chi connectivity index (χ1) is 5.64. The van der Waals surface area contributed by atoms with E-state index in [-0.39, 0.29) is 11.7 Å². The highest BCUT2D eigenvalue weighted by atomic mass is 16.7. The minimum Gasteiger partial charge on any atom is -0.349 e. The van der Waals surface area contributed by atoms with Gasteiger partial charge in [0.2, 0.25) is 0 Å². The van der Waals surface area contributed by atoms with Crippen molar-refractivity contribution in [2.24, 2.45) is 5.92 Å². The summed E-state index contributed by atoms with van der Waals surface area (Å²) in [5, 5.41) is 0. The molecule has 1 rings (SSSR count). The molecule has 0 saturated carbocycles. The van der Waals surface area contributed by atoms with E-state index in [9.17, 15) is 4.79 Å². The quantitative estimate of drug-likeness (QED) is 0.583. The molecule has 1 aliphatic rings. The monoisotopic (exact) mass is 170 g/mol. The Morgan fingerprint density at radius 1 is 1.50 bits per heavy atom. The summed E-state index contributed by atoms with van der Waals surface area (Å²) >= 11 is 0. The van der Waals surface area contributed by atoms with Gasteiger partial charge in [0, 0.05) is 26.6 Å². The number of rotatable bonds is 2. The van der Waals surface area contributed by atoms with Crippen LogP contribution in [0, 0.1) is 5.92 Å². The van der Waals surface area contributed by atoms with E-state index in [1.807, 2.05) is 6.92 Å². The molecule has 0 spiro atoms. The van der Waals surface area contributed by atoms with Crippen LogP contribution < -0.4 is 0 Å². The highest BCUT2D eigenvalue weighted by Gasteiger charge is 2.37. The van der Waals surface area contributed by atoms with Gasteiger partial charge in [0.15, 0.2) is 11.6 Å². The second kappa shape index (κ2) is 3.37. The zero-order valence-electron chi connectivity index (χ0n) is 7.66. The molecule has 68 valence electrons. The molecule has 0 fully saturated rings. The Bertz CT molecular complexity index is 204. The maximum absolute atomic E-state index is 11.0. The van der Waals surface area contributed by atoms with Crippen LogP contribution in [-0.4, -0.2) is 25.8 Å². The van der Waals surface area contributed by atoms with Crippen molar-refractivity contribution in [3.63, 3.8) is 0 Å². The Morgan fingerprint density at radius 2 is 2.08 bits per heavy atom. The van der Waals surface area contributed by atoms with Crippen LogP contribution in [0.5, 0.6) is 0 Å². The van der Waals surface area contributed by atoms with Gasteiger partial charge in [0.1, 0.15) is 0 Å². The largest absolute Gasteiger partial charge is 0.349 e. The smallest absolute Gasteiger partial charge is 0.190 e. The lowest BCUT2D eigenvalue weighted by molar-refractivity contribution is -0.204. The minimum atomic E-state index is -0.700. The van der Waals surface area contributed by atoms with Gasteiger partial charge in [-0.05, 0) is 12.2 Å². The Hall–Kier alpha value is -0.670. The van der Waals surface area contributed by atoms with Gasteiger partial charge in [0.05, 0.1) is 0 Å². The summed E-state index contributed by atoms with van der Waals surface area (Å²) in [7, 11) is 3.17. The van der Waals surface area contributed by atoms with Crippen molar-refractivity contribution in [3.05, 3.63) is 12.2 Å². The number of methoxy groups -OCH3 is 2. The molecule has 0 heterocycles. The molecule has 0 N–H and O–H groups in total. The summed E-state index contributed by atoms with van der Waals surface area (Å²) < 4.78 is 10.5. The van der Waals surface area contributed by atoms with Gasteiger partial charge in [-0.25, -0.2) is 0 Å². The predicted octanol–water partition coefficient (Wildman–Crippen LogP) is 1.14. The van der Waals surface area contributed by atoms with Crippen molar-refractivity contribution >= 4 is 5.78 Å². The lowest BCUT2D eigenvalue weighted by Gasteiger charge is -2.35. The fourth-order valence-corrected chi connectivity index (χ4v) is 1.51. The molecule has 3 heteroatoms. The van der Waals surface area contributed by atoms with Crippen LogP contribution in [0.1, 0.15) is 13.3 Å². The van der Waals surface area contributed by atoms with Crippen molar-refractivity contribution in [3.8, 4) is 0 Å². The summed E-state index contributed by atoms with van der Waals surface area (Å²) in [6, 6.07) is 0. The predicted molar refractivity (Wildman–Crippen MR) is 44.7 cm³/mol. The normalized spacial score (nSPS) is 27.6. The Balaban J connectivity index is 2.88. The Labute approximate surface area is 72.4 Å². The van der Waals surface area contributed by atoms with E-state index in [0.29, 0.717) is 6.42 Å². The molecule has 0 saturated heterocycles. The molecule has 0 aromatic carbocycles. The number of carbonyl (C=O) groups excluding carboxylic acids is 1. The zero-order valence-corrected chi connectivity index (χ0v) is 7.66. The Morgan fingerprint density at radius 3 is 2.50 bits per heavy atom. The number of hydrogen-bond acceptors (Lipinski definition) is 3. The summed E-state index contributed by atoms with van der Waals surface area (Å²) in [5.41, 5.74) is 0. The van der Waals surface area contributed by atoms with E-state index in [1.165, 1.54) is 6.08 Å². The highest BCUT2D eigenvalue weighted by molar-refractivity contribution is 5.91. The SMILES string of the molecule is COC1(OC)C=CC(=O)C[C@@H]1C.